The van der Waals surface area contributed by atoms with Crippen LogP contribution in [0, 0.1) is 35.5 Å². The first kappa shape index (κ1) is 21.8. The standard InChI is InChI=1S/C28H26N2O5/c1-14(2)35-28(34)16-3-7-17(8-4-16)29-25(31)15-5-9-18(10-6-15)30-26(32)23-19-11-12-20(22-13-21(19)22)24(23)27(30)33/h3-12,14,19-24H,13H2,1-2H3,(H,29,31)/t19-,20-,21-,22-,23-,24+/m0/s1. The van der Waals surface area contributed by atoms with Gasteiger partial charge < -0.3 is 10.1 Å². The molecular formula is C28H26N2O5. The number of nitrogens with one attached hydrogen (secondary N) is 1. The summed E-state index contributed by atoms with van der Waals surface area (Å²) >= 11 is 0. The predicted molar refractivity (Wildman–Crippen MR) is 129 cm³/mol. The van der Waals surface area contributed by atoms with E-state index in [4.69, 9.17) is 4.74 Å². The number of carbonyl (C=O) groups is 4. The van der Waals surface area contributed by atoms with Gasteiger partial charge in [-0.25, -0.2) is 4.79 Å². The molecule has 6 atom stereocenters. The molecule has 35 heavy (non-hydrogen) atoms. The Balaban J connectivity index is 1.14. The minimum Gasteiger partial charge on any atom is -0.459 e. The van der Waals surface area contributed by atoms with Crippen LogP contribution in [0.25, 0.3) is 0 Å². The number of benzene rings is 2. The van der Waals surface area contributed by atoms with Gasteiger partial charge in [0.2, 0.25) is 11.8 Å². The van der Waals surface area contributed by atoms with Crippen LogP contribution in [0.15, 0.2) is 60.7 Å². The van der Waals surface area contributed by atoms with Crippen molar-refractivity contribution >= 4 is 35.1 Å². The van der Waals surface area contributed by atoms with Crippen molar-refractivity contribution in [2.75, 3.05) is 10.2 Å². The summed E-state index contributed by atoms with van der Waals surface area (Å²) in [6.07, 6.45) is 5.23. The minimum atomic E-state index is -0.417. The number of ether oxygens (including phenoxy) is 1. The van der Waals surface area contributed by atoms with Crippen molar-refractivity contribution in [3.8, 4) is 0 Å². The average molecular weight is 471 g/mol. The Morgan fingerprint density at radius 2 is 1.40 bits per heavy atom. The maximum atomic E-state index is 13.3. The van der Waals surface area contributed by atoms with E-state index in [-0.39, 0.29) is 47.5 Å². The van der Waals surface area contributed by atoms with Crippen molar-refractivity contribution < 1.29 is 23.9 Å². The summed E-state index contributed by atoms with van der Waals surface area (Å²) in [5.41, 5.74) is 1.85. The molecule has 0 unspecified atom stereocenters. The summed E-state index contributed by atoms with van der Waals surface area (Å²) in [6, 6.07) is 13.0. The third-order valence-corrected chi connectivity index (χ3v) is 7.77. The van der Waals surface area contributed by atoms with E-state index in [2.05, 4.69) is 17.5 Å². The van der Waals surface area contributed by atoms with Crippen molar-refractivity contribution in [1.82, 2.24) is 0 Å². The molecule has 0 aromatic heterocycles. The van der Waals surface area contributed by atoms with Gasteiger partial charge in [0.05, 0.1) is 29.2 Å². The Morgan fingerprint density at radius 3 is 1.94 bits per heavy atom. The first-order chi connectivity index (χ1) is 16.8. The lowest BCUT2D eigenvalue weighted by atomic mass is 9.63. The smallest absolute Gasteiger partial charge is 0.338 e. The third-order valence-electron chi connectivity index (χ3n) is 7.77. The number of hydrogen-bond donors (Lipinski definition) is 1. The summed E-state index contributed by atoms with van der Waals surface area (Å²) in [6.45, 7) is 3.56. The van der Waals surface area contributed by atoms with E-state index in [0.717, 1.165) is 6.42 Å². The molecule has 2 aromatic rings. The zero-order valence-corrected chi connectivity index (χ0v) is 19.5. The lowest BCUT2D eigenvalue weighted by molar-refractivity contribution is -0.124. The second-order valence-corrected chi connectivity index (χ2v) is 10.2. The molecule has 0 spiro atoms. The van der Waals surface area contributed by atoms with E-state index in [1.54, 1.807) is 62.4 Å². The highest BCUT2D eigenvalue weighted by molar-refractivity contribution is 6.22. The molecule has 1 heterocycles. The number of anilines is 2. The highest BCUT2D eigenvalue weighted by Gasteiger charge is 2.67. The van der Waals surface area contributed by atoms with Crippen LogP contribution < -0.4 is 10.2 Å². The fourth-order valence-electron chi connectivity index (χ4n) is 6.15. The van der Waals surface area contributed by atoms with Gasteiger partial charge in [-0.15, -0.1) is 0 Å². The normalized spacial score (nSPS) is 29.7. The quantitative estimate of drug-likeness (QED) is 0.404. The molecule has 3 fully saturated rings. The minimum absolute atomic E-state index is 0.113. The molecule has 1 saturated heterocycles. The molecule has 0 radical (unpaired) electrons. The third kappa shape index (κ3) is 3.49. The van der Waals surface area contributed by atoms with Crippen LogP contribution in [0.5, 0.6) is 0 Å². The van der Waals surface area contributed by atoms with Gasteiger partial charge in [-0.05, 0) is 92.5 Å². The molecule has 7 nitrogen and oxygen atoms in total. The second-order valence-electron chi connectivity index (χ2n) is 10.2. The van der Waals surface area contributed by atoms with Crippen LogP contribution >= 0.6 is 0 Å². The van der Waals surface area contributed by atoms with Crippen LogP contribution in [0.4, 0.5) is 11.4 Å². The number of amides is 3. The molecule has 4 aliphatic carbocycles. The summed E-state index contributed by atoms with van der Waals surface area (Å²) < 4.78 is 5.17. The number of imide groups is 1. The monoisotopic (exact) mass is 470 g/mol. The van der Waals surface area contributed by atoms with E-state index in [0.29, 0.717) is 34.3 Å². The van der Waals surface area contributed by atoms with Crippen LogP contribution in [-0.4, -0.2) is 29.8 Å². The Labute approximate surface area is 203 Å². The molecule has 2 bridgehead atoms. The van der Waals surface area contributed by atoms with Crippen molar-refractivity contribution in [2.45, 2.75) is 26.4 Å². The molecule has 2 aromatic carbocycles. The van der Waals surface area contributed by atoms with Crippen molar-refractivity contribution in [2.24, 2.45) is 35.5 Å². The van der Waals surface area contributed by atoms with Gasteiger partial charge >= 0.3 is 5.97 Å². The van der Waals surface area contributed by atoms with E-state index in [9.17, 15) is 19.2 Å². The summed E-state index contributed by atoms with van der Waals surface area (Å²) in [7, 11) is 0. The van der Waals surface area contributed by atoms with Crippen LogP contribution in [0.1, 0.15) is 41.0 Å². The van der Waals surface area contributed by atoms with E-state index in [1.807, 2.05) is 0 Å². The van der Waals surface area contributed by atoms with Gasteiger partial charge in [0.25, 0.3) is 5.91 Å². The van der Waals surface area contributed by atoms with Gasteiger partial charge in [-0.2, -0.15) is 0 Å². The van der Waals surface area contributed by atoms with Gasteiger partial charge in [-0.3, -0.25) is 19.3 Å². The molecule has 2 saturated carbocycles. The Morgan fingerprint density at radius 1 is 0.857 bits per heavy atom. The predicted octanol–water partition coefficient (Wildman–Crippen LogP) is 4.06. The fourth-order valence-corrected chi connectivity index (χ4v) is 6.15. The number of rotatable bonds is 5. The van der Waals surface area contributed by atoms with Gasteiger partial charge in [0.15, 0.2) is 0 Å². The first-order valence-corrected chi connectivity index (χ1v) is 12.1. The second kappa shape index (κ2) is 7.90. The molecule has 3 amide bonds. The lowest BCUT2D eigenvalue weighted by Crippen LogP contribution is -2.40. The molecule has 1 N–H and O–H groups in total. The van der Waals surface area contributed by atoms with Gasteiger partial charge in [0.1, 0.15) is 0 Å². The maximum absolute atomic E-state index is 13.3. The van der Waals surface area contributed by atoms with Crippen LogP contribution in [-0.2, 0) is 14.3 Å². The van der Waals surface area contributed by atoms with Crippen molar-refractivity contribution in [3.05, 3.63) is 71.8 Å². The lowest BCUT2D eigenvalue weighted by Gasteiger charge is -2.37. The number of nitrogens with zero attached hydrogens (tertiary/aromatic N) is 1. The van der Waals surface area contributed by atoms with Crippen LogP contribution in [0.2, 0.25) is 0 Å². The Hall–Kier alpha value is -3.74. The summed E-state index contributed by atoms with van der Waals surface area (Å²) in [5, 5.41) is 2.80. The SMILES string of the molecule is CC(C)OC(=O)c1ccc(NC(=O)c2ccc(N3C(=O)[C@@H]4[C@H]5C=C[C@@H]([C@@H]6C[C@@H]56)[C@@H]4C3=O)cc2)cc1. The van der Waals surface area contributed by atoms with E-state index < -0.39 is 5.97 Å². The summed E-state index contributed by atoms with van der Waals surface area (Å²) in [5.74, 6) is 0.0170. The van der Waals surface area contributed by atoms with E-state index >= 15 is 0 Å². The highest BCUT2D eigenvalue weighted by Crippen LogP contribution is 2.65. The number of esters is 1. The van der Waals surface area contributed by atoms with Crippen molar-refractivity contribution in [3.63, 3.8) is 0 Å². The van der Waals surface area contributed by atoms with Crippen LogP contribution in [0.3, 0.4) is 0 Å². The molecule has 1 aliphatic heterocycles. The maximum Gasteiger partial charge on any atom is 0.338 e. The molecule has 7 heteroatoms. The zero-order chi connectivity index (χ0) is 24.4. The van der Waals surface area contributed by atoms with E-state index in [1.165, 1.54) is 4.90 Å². The molecule has 5 aliphatic rings. The topological polar surface area (TPSA) is 92.8 Å². The zero-order valence-electron chi connectivity index (χ0n) is 19.5. The molecular weight excluding hydrogens is 444 g/mol. The molecule has 7 rings (SSSR count). The largest absolute Gasteiger partial charge is 0.459 e. The molecule has 178 valence electrons. The number of carbonyl (C=O) groups excluding carboxylic acids is 4. The van der Waals surface area contributed by atoms with Gasteiger partial charge in [-0.1, -0.05) is 12.2 Å². The number of allylic oxidation sites excluding steroid dienone is 2. The highest BCUT2D eigenvalue weighted by atomic mass is 16.5. The van der Waals surface area contributed by atoms with Crippen molar-refractivity contribution in [1.29, 1.82) is 0 Å². The average Bonchev–Trinajstić information content (AvgIpc) is 3.62. The fraction of sp³-hybridized carbons (Fsp3) is 0.357. The summed E-state index contributed by atoms with van der Waals surface area (Å²) in [4.78, 5) is 52.5. The Bertz CT molecular complexity index is 1230. The first-order valence-electron chi connectivity index (χ1n) is 12.1. The van der Waals surface area contributed by atoms with Gasteiger partial charge in [0, 0.05) is 11.3 Å². The Kier molecular flexibility index (Phi) is 4.91. The number of hydrogen-bond acceptors (Lipinski definition) is 5.